The molecule has 0 bridgehead atoms. The Hall–Kier alpha value is -1.43. The molecule has 6 heteroatoms. The fourth-order valence-corrected chi connectivity index (χ4v) is 2.31. The van der Waals surface area contributed by atoms with E-state index in [0.717, 1.165) is 12.0 Å². The highest BCUT2D eigenvalue weighted by Gasteiger charge is 2.18. The lowest BCUT2D eigenvalue weighted by Gasteiger charge is -2.26. The molecule has 5 nitrogen and oxygen atoms in total. The van der Waals surface area contributed by atoms with Gasteiger partial charge in [0, 0.05) is 12.6 Å². The van der Waals surface area contributed by atoms with Crippen molar-refractivity contribution in [3.05, 3.63) is 35.2 Å². The van der Waals surface area contributed by atoms with Gasteiger partial charge in [-0.25, -0.2) is 0 Å². The van der Waals surface area contributed by atoms with Gasteiger partial charge in [0.1, 0.15) is 0 Å². The van der Waals surface area contributed by atoms with Crippen LogP contribution in [-0.2, 0) is 6.54 Å². The highest BCUT2D eigenvalue weighted by atomic mass is 35.5. The number of nitrogens with zero attached hydrogens (tertiary/aromatic N) is 3. The van der Waals surface area contributed by atoms with Crippen molar-refractivity contribution >= 4 is 11.6 Å². The number of aromatic nitrogens is 2. The Bertz CT molecular complexity index is 601. The summed E-state index contributed by atoms with van der Waals surface area (Å²) in [5.74, 6) is 0.937. The van der Waals surface area contributed by atoms with Crippen LogP contribution in [-0.4, -0.2) is 38.9 Å². The van der Waals surface area contributed by atoms with Crippen LogP contribution in [0.25, 0.3) is 11.5 Å². The molecule has 1 aromatic carbocycles. The minimum absolute atomic E-state index is 0.275. The van der Waals surface area contributed by atoms with E-state index < -0.39 is 0 Å². The van der Waals surface area contributed by atoms with Gasteiger partial charge in [0.25, 0.3) is 0 Å². The van der Waals surface area contributed by atoms with Crippen molar-refractivity contribution < 1.29 is 9.52 Å². The average Bonchev–Trinajstić information content (AvgIpc) is 2.95. The predicted molar refractivity (Wildman–Crippen MR) is 86.6 cm³/mol. The molecule has 0 aliphatic carbocycles. The summed E-state index contributed by atoms with van der Waals surface area (Å²) in [7, 11) is 0. The molecule has 22 heavy (non-hydrogen) atoms. The van der Waals surface area contributed by atoms with Gasteiger partial charge in [0.05, 0.1) is 23.2 Å². The molecule has 0 saturated carbocycles. The second kappa shape index (κ2) is 7.72. The van der Waals surface area contributed by atoms with E-state index in [1.807, 2.05) is 25.1 Å². The topological polar surface area (TPSA) is 62.4 Å². The van der Waals surface area contributed by atoms with E-state index in [2.05, 4.69) is 28.9 Å². The minimum atomic E-state index is -0.353. The third-order valence-corrected chi connectivity index (χ3v) is 3.89. The first kappa shape index (κ1) is 16.9. The molecule has 1 aromatic heterocycles. The third kappa shape index (κ3) is 4.29. The molecule has 0 aliphatic rings. The fourth-order valence-electron chi connectivity index (χ4n) is 2.09. The van der Waals surface area contributed by atoms with Crippen molar-refractivity contribution in [2.45, 2.75) is 45.9 Å². The van der Waals surface area contributed by atoms with Crippen LogP contribution in [0, 0.1) is 0 Å². The first-order valence-corrected chi connectivity index (χ1v) is 7.88. The van der Waals surface area contributed by atoms with Crippen LogP contribution in [0.15, 0.2) is 28.7 Å². The normalized spacial score (nSPS) is 13.0. The fraction of sp³-hybridized carbons (Fsp3) is 0.500. The van der Waals surface area contributed by atoms with E-state index in [1.54, 1.807) is 6.07 Å². The van der Waals surface area contributed by atoms with E-state index >= 15 is 0 Å². The Morgan fingerprint density at radius 2 is 2.00 bits per heavy atom. The lowest BCUT2D eigenvalue weighted by atomic mass is 10.2. The summed E-state index contributed by atoms with van der Waals surface area (Å²) in [6.07, 6.45) is 0.367. The van der Waals surface area contributed by atoms with Crippen molar-refractivity contribution in [3.8, 4) is 11.5 Å². The number of aliphatic hydroxyl groups excluding tert-OH is 1. The Balaban J connectivity index is 2.12. The SMILES string of the molecule is CCC(O)CN(Cc1nnc(-c2ccccc2Cl)o1)C(C)C. The van der Waals surface area contributed by atoms with Crippen molar-refractivity contribution in [1.82, 2.24) is 15.1 Å². The molecule has 0 radical (unpaired) electrons. The molecule has 1 atom stereocenters. The number of halogens is 1. The maximum absolute atomic E-state index is 9.85. The smallest absolute Gasteiger partial charge is 0.249 e. The van der Waals surface area contributed by atoms with E-state index in [1.165, 1.54) is 0 Å². The van der Waals surface area contributed by atoms with Gasteiger partial charge < -0.3 is 9.52 Å². The highest BCUT2D eigenvalue weighted by molar-refractivity contribution is 6.33. The van der Waals surface area contributed by atoms with Crippen molar-refractivity contribution in [1.29, 1.82) is 0 Å². The molecule has 1 N–H and O–H groups in total. The molecule has 1 unspecified atom stereocenters. The average molecular weight is 324 g/mol. The van der Waals surface area contributed by atoms with Crippen LogP contribution in [0.1, 0.15) is 33.1 Å². The third-order valence-electron chi connectivity index (χ3n) is 3.56. The molecular formula is C16H22ClN3O2. The molecule has 0 saturated heterocycles. The predicted octanol–water partition coefficient (Wildman–Crippen LogP) is 3.37. The van der Waals surface area contributed by atoms with Gasteiger partial charge >= 0.3 is 0 Å². The zero-order valence-electron chi connectivity index (χ0n) is 13.2. The van der Waals surface area contributed by atoms with Gasteiger partial charge in [0.15, 0.2) is 0 Å². The summed E-state index contributed by atoms with van der Waals surface area (Å²) in [6, 6.07) is 7.65. The van der Waals surface area contributed by atoms with Crippen LogP contribution in [0.2, 0.25) is 5.02 Å². The molecule has 0 fully saturated rings. The number of hydrogen-bond acceptors (Lipinski definition) is 5. The number of hydrogen-bond donors (Lipinski definition) is 1. The summed E-state index contributed by atoms with van der Waals surface area (Å²) in [5, 5.41) is 18.6. The molecule has 0 amide bonds. The summed E-state index contributed by atoms with van der Waals surface area (Å²) in [6.45, 7) is 7.21. The molecule has 1 heterocycles. The first-order valence-electron chi connectivity index (χ1n) is 7.50. The van der Waals surface area contributed by atoms with Gasteiger partial charge in [-0.05, 0) is 32.4 Å². The van der Waals surface area contributed by atoms with E-state index in [4.69, 9.17) is 16.0 Å². The zero-order chi connectivity index (χ0) is 16.1. The van der Waals surface area contributed by atoms with Crippen LogP contribution in [0.5, 0.6) is 0 Å². The Morgan fingerprint density at radius 1 is 1.27 bits per heavy atom. The van der Waals surface area contributed by atoms with Gasteiger partial charge in [-0.3, -0.25) is 4.90 Å². The Labute approximate surface area is 135 Å². The molecule has 2 aromatic rings. The van der Waals surface area contributed by atoms with Gasteiger partial charge in [-0.15, -0.1) is 10.2 Å². The lowest BCUT2D eigenvalue weighted by molar-refractivity contribution is 0.0827. The van der Waals surface area contributed by atoms with Crippen molar-refractivity contribution in [2.24, 2.45) is 0 Å². The zero-order valence-corrected chi connectivity index (χ0v) is 13.9. The van der Waals surface area contributed by atoms with E-state index in [9.17, 15) is 5.11 Å². The minimum Gasteiger partial charge on any atom is -0.419 e. The monoisotopic (exact) mass is 323 g/mol. The van der Waals surface area contributed by atoms with Gasteiger partial charge in [-0.2, -0.15) is 0 Å². The lowest BCUT2D eigenvalue weighted by Crippen LogP contribution is -2.36. The second-order valence-electron chi connectivity index (χ2n) is 5.57. The van der Waals surface area contributed by atoms with Crippen LogP contribution in [0.3, 0.4) is 0 Å². The molecule has 0 aliphatic heterocycles. The number of rotatable bonds is 7. The molecule has 120 valence electrons. The summed E-state index contributed by atoms with van der Waals surface area (Å²) < 4.78 is 5.72. The van der Waals surface area contributed by atoms with Crippen LogP contribution < -0.4 is 0 Å². The van der Waals surface area contributed by atoms with E-state index in [0.29, 0.717) is 29.9 Å². The van der Waals surface area contributed by atoms with Crippen LogP contribution >= 0.6 is 11.6 Å². The van der Waals surface area contributed by atoms with Crippen molar-refractivity contribution in [3.63, 3.8) is 0 Å². The molecule has 0 spiro atoms. The van der Waals surface area contributed by atoms with Gasteiger partial charge in [-0.1, -0.05) is 30.7 Å². The van der Waals surface area contributed by atoms with E-state index in [-0.39, 0.29) is 12.1 Å². The van der Waals surface area contributed by atoms with Gasteiger partial charge in [0.2, 0.25) is 11.8 Å². The largest absolute Gasteiger partial charge is 0.419 e. The Morgan fingerprint density at radius 3 is 2.64 bits per heavy atom. The van der Waals surface area contributed by atoms with Crippen molar-refractivity contribution in [2.75, 3.05) is 6.54 Å². The Kier molecular flexibility index (Phi) is 5.94. The summed E-state index contributed by atoms with van der Waals surface area (Å²) in [4.78, 5) is 2.11. The quantitative estimate of drug-likeness (QED) is 0.846. The first-order chi connectivity index (χ1) is 10.5. The highest BCUT2D eigenvalue weighted by Crippen LogP contribution is 2.26. The standard InChI is InChI=1S/C16H22ClN3O2/c1-4-12(21)9-20(11(2)3)10-15-18-19-16(22-15)13-7-5-6-8-14(13)17/h5-8,11-12,21H,4,9-10H2,1-3H3. The molecular weight excluding hydrogens is 302 g/mol. The number of benzene rings is 1. The van der Waals surface area contributed by atoms with Crippen LogP contribution in [0.4, 0.5) is 0 Å². The molecule has 2 rings (SSSR count). The number of aliphatic hydroxyl groups is 1. The second-order valence-corrected chi connectivity index (χ2v) is 5.97. The summed E-state index contributed by atoms with van der Waals surface area (Å²) in [5.41, 5.74) is 0.729. The maximum atomic E-state index is 9.85. The maximum Gasteiger partial charge on any atom is 0.249 e. The summed E-state index contributed by atoms with van der Waals surface area (Å²) >= 11 is 6.14.